The minimum absolute atomic E-state index is 0. The fourth-order valence-electron chi connectivity index (χ4n) is 6.55. The number of quaternary nitrogens is 1. The van der Waals surface area contributed by atoms with Crippen LogP contribution in [0.3, 0.4) is 0 Å². The van der Waals surface area contributed by atoms with Crippen LogP contribution in [-0.4, -0.2) is 103 Å². The number of likely N-dealkylation sites (tertiary alicyclic amines) is 1. The molecular weight excluding hydrogens is 899 g/mol. The third kappa shape index (κ3) is 16.2. The maximum atomic E-state index is 14.3. The summed E-state index contributed by atoms with van der Waals surface area (Å²) in [7, 11) is 1.18. The topological polar surface area (TPSA) is 271 Å². The Morgan fingerprint density at radius 1 is 0.984 bits per heavy atom. The van der Waals surface area contributed by atoms with Crippen molar-refractivity contribution < 1.29 is 66.1 Å². The number of hydrogen-bond donors (Lipinski definition) is 5. The molecule has 0 radical (unpaired) electrons. The predicted octanol–water partition coefficient (Wildman–Crippen LogP) is -0.310. The Morgan fingerprint density at radius 2 is 1.62 bits per heavy atom. The van der Waals surface area contributed by atoms with Gasteiger partial charge in [-0.15, -0.1) is 0 Å². The van der Waals surface area contributed by atoms with Gasteiger partial charge in [-0.3, -0.25) is 14.5 Å². The largest absolute Gasteiger partial charge is 1.00 e. The number of nitro groups is 1. The van der Waals surface area contributed by atoms with Gasteiger partial charge in [0.05, 0.1) is 7.11 Å². The van der Waals surface area contributed by atoms with Crippen molar-refractivity contribution in [3.8, 4) is 5.75 Å². The molecule has 3 aromatic carbocycles. The van der Waals surface area contributed by atoms with Gasteiger partial charge in [0.15, 0.2) is 5.03 Å². The second kappa shape index (κ2) is 26.5. The van der Waals surface area contributed by atoms with Gasteiger partial charge in [0.25, 0.3) is 11.9 Å². The average molecular weight is 950 g/mol. The van der Waals surface area contributed by atoms with Gasteiger partial charge >= 0.3 is 18.0 Å². The molecule has 1 unspecified atom stereocenters. The van der Waals surface area contributed by atoms with Crippen LogP contribution in [0.15, 0.2) is 90.4 Å². The zero-order valence-corrected chi connectivity index (χ0v) is 37.2. The van der Waals surface area contributed by atoms with Crippen LogP contribution in [0.2, 0.25) is 10.0 Å². The van der Waals surface area contributed by atoms with E-state index in [1.54, 1.807) is 78.2 Å². The third-order valence-electron chi connectivity index (χ3n) is 9.76. The number of methoxy groups -OCH3 is 1. The van der Waals surface area contributed by atoms with Gasteiger partial charge < -0.3 is 53.5 Å². The van der Waals surface area contributed by atoms with Gasteiger partial charge in [0, 0.05) is 48.0 Å². The van der Waals surface area contributed by atoms with Crippen LogP contribution >= 0.6 is 23.2 Å². The molecule has 0 saturated carbocycles. The molecule has 1 heterocycles. The highest BCUT2D eigenvalue weighted by Gasteiger charge is 2.41. The van der Waals surface area contributed by atoms with E-state index in [0.717, 1.165) is 0 Å². The molecule has 0 aromatic heterocycles. The monoisotopic (exact) mass is 948 g/mol. The normalized spacial score (nSPS) is 15.2. The molecule has 1 fully saturated rings. The van der Waals surface area contributed by atoms with Crippen LogP contribution in [0.5, 0.6) is 5.75 Å². The molecule has 22 heteroatoms. The van der Waals surface area contributed by atoms with Gasteiger partial charge in [0.1, 0.15) is 43.1 Å². The summed E-state index contributed by atoms with van der Waals surface area (Å²) in [6.07, 6.45) is -0.0179. The molecule has 0 bridgehead atoms. The number of carbonyl (C=O) groups is 5. The maximum absolute atomic E-state index is 14.3. The van der Waals surface area contributed by atoms with Crippen LogP contribution in [0.25, 0.3) is 0 Å². The number of nitrogens with two attached hydrogens (primary N) is 1. The molecule has 0 spiro atoms. The lowest BCUT2D eigenvalue weighted by molar-refractivity contribution is -0.525. The fraction of sp³-hybridized carbons (Fsp3) is 0.381. The highest BCUT2D eigenvalue weighted by molar-refractivity contribution is 6.35. The minimum atomic E-state index is -1.60. The number of guanidine groups is 1. The average Bonchev–Trinajstić information content (AvgIpc) is 3.76. The van der Waals surface area contributed by atoms with E-state index in [2.05, 4.69) is 27.9 Å². The lowest BCUT2D eigenvalue weighted by Crippen LogP contribution is -3.00. The van der Waals surface area contributed by atoms with E-state index in [9.17, 15) is 34.1 Å². The molecule has 1 aliphatic rings. The molecule has 1 aliphatic heterocycles. The summed E-state index contributed by atoms with van der Waals surface area (Å²) in [5.74, 6) is -3.23. The molecular formula is C42H51Cl3N8O11. The van der Waals surface area contributed by atoms with Crippen LogP contribution in [0.4, 0.5) is 4.79 Å². The summed E-state index contributed by atoms with van der Waals surface area (Å²) in [6, 6.07) is 16.2. The molecule has 5 atom stereocenters. The Kier molecular flexibility index (Phi) is 21.6. The Labute approximate surface area is 385 Å². The van der Waals surface area contributed by atoms with Crippen molar-refractivity contribution in [2.45, 2.75) is 75.4 Å². The lowest BCUT2D eigenvalue weighted by Gasteiger charge is -2.28. The Hall–Kier alpha value is -6.15. The first-order chi connectivity index (χ1) is 30.2. The molecule has 3 aromatic rings. The van der Waals surface area contributed by atoms with Crippen molar-refractivity contribution in [2.75, 3.05) is 26.8 Å². The fourth-order valence-corrected chi connectivity index (χ4v) is 7.05. The number of halogens is 3. The van der Waals surface area contributed by atoms with E-state index >= 15 is 0 Å². The first kappa shape index (κ1) is 52.2. The van der Waals surface area contributed by atoms with Gasteiger partial charge in [0.2, 0.25) is 12.0 Å². The minimum Gasteiger partial charge on any atom is -1.00 e. The van der Waals surface area contributed by atoms with E-state index in [0.29, 0.717) is 38.9 Å². The summed E-state index contributed by atoms with van der Waals surface area (Å²) < 4.78 is 21.9. The molecule has 8 N–H and O–H groups in total. The number of esters is 2. The van der Waals surface area contributed by atoms with Crippen molar-refractivity contribution in [1.29, 1.82) is 0 Å². The number of rotatable bonds is 22. The number of nitrogens with zero attached hydrogens (tertiary/aromatic N) is 3. The molecule has 346 valence electrons. The third-order valence-corrected chi connectivity index (χ3v) is 10.5. The summed E-state index contributed by atoms with van der Waals surface area (Å²) in [5.41, 5.74) is 13.2. The zero-order valence-electron chi connectivity index (χ0n) is 34.9. The first-order valence-electron chi connectivity index (χ1n) is 19.9. The zero-order chi connectivity index (χ0) is 45.9. The maximum Gasteiger partial charge on any atom is 0.410 e. The summed E-state index contributed by atoms with van der Waals surface area (Å²) in [6.45, 7) is 3.75. The number of ether oxygens (including phenoxy) is 4. The Bertz CT molecular complexity index is 2080. The smallest absolute Gasteiger partial charge is 0.410 e. The number of nitrogens with one attached hydrogen (secondary N) is 3. The highest BCUT2D eigenvalue weighted by Crippen LogP contribution is 2.26. The summed E-state index contributed by atoms with van der Waals surface area (Å²) in [5, 5.41) is 16.2. The van der Waals surface area contributed by atoms with Crippen molar-refractivity contribution in [2.24, 2.45) is 10.7 Å². The number of benzene rings is 3. The SMILES string of the molecule is C=CCOC(=O)N1CCC[C@H]1C(=O)OC(C(=O)N[C@H](Cc1ccccc1)C(=O)N[C@@H](Cc1ccc(OCc2c(Cl)cccc2Cl)cc1)C(=O)OC)[C@@H]([NH3+])CCCN=C(N)N[N+](=O)[O-].[Cl-]. The molecule has 1 saturated heterocycles. The van der Waals surface area contributed by atoms with Crippen LogP contribution in [-0.2, 0) is 52.8 Å². The van der Waals surface area contributed by atoms with Gasteiger partial charge in [-0.1, -0.05) is 89.8 Å². The van der Waals surface area contributed by atoms with E-state index in [-0.39, 0.29) is 70.8 Å². The molecule has 19 nitrogen and oxygen atoms in total. The van der Waals surface area contributed by atoms with E-state index in [1.165, 1.54) is 18.1 Å². The van der Waals surface area contributed by atoms with E-state index < -0.39 is 71.1 Å². The van der Waals surface area contributed by atoms with E-state index in [1.807, 2.05) is 0 Å². The molecule has 4 rings (SSSR count). The number of hydrazine groups is 1. The van der Waals surface area contributed by atoms with Gasteiger partial charge in [-0.05, 0) is 54.7 Å². The van der Waals surface area contributed by atoms with Crippen LogP contribution < -0.4 is 44.7 Å². The second-order valence-electron chi connectivity index (χ2n) is 14.3. The van der Waals surface area contributed by atoms with Crippen molar-refractivity contribution in [1.82, 2.24) is 21.0 Å². The van der Waals surface area contributed by atoms with E-state index in [4.69, 9.17) is 47.9 Å². The predicted molar refractivity (Wildman–Crippen MR) is 231 cm³/mol. The van der Waals surface area contributed by atoms with Crippen molar-refractivity contribution >= 4 is 59.0 Å². The number of aliphatic imine (C=N–C) groups is 1. The van der Waals surface area contributed by atoms with Crippen LogP contribution in [0, 0.1) is 10.1 Å². The van der Waals surface area contributed by atoms with Crippen molar-refractivity contribution in [3.63, 3.8) is 0 Å². The first-order valence-corrected chi connectivity index (χ1v) is 20.6. The van der Waals surface area contributed by atoms with Gasteiger partial charge in [-0.2, -0.15) is 0 Å². The molecule has 0 aliphatic carbocycles. The summed E-state index contributed by atoms with van der Waals surface area (Å²) >= 11 is 12.5. The van der Waals surface area contributed by atoms with Gasteiger partial charge in [-0.25, -0.2) is 29.5 Å². The highest BCUT2D eigenvalue weighted by atomic mass is 35.5. The molecule has 64 heavy (non-hydrogen) atoms. The van der Waals surface area contributed by atoms with Crippen LogP contribution in [0.1, 0.15) is 42.4 Å². The number of hydrogen-bond acceptors (Lipinski definition) is 12. The van der Waals surface area contributed by atoms with Crippen molar-refractivity contribution in [3.05, 3.63) is 122 Å². The Balaban J connectivity index is 0.0000109. The number of carbonyl (C=O) groups excluding carboxylic acids is 5. The quantitative estimate of drug-likeness (QED) is 0.0127. The number of amides is 3. The lowest BCUT2D eigenvalue weighted by atomic mass is 10.0. The molecule has 3 amide bonds. The second-order valence-corrected chi connectivity index (χ2v) is 15.1. The Morgan fingerprint density at radius 3 is 2.27 bits per heavy atom. The summed E-state index contributed by atoms with van der Waals surface area (Å²) in [4.78, 5) is 83.8. The standard InChI is InChI=1S/C42H50Cl2N8O11.ClH/c1-3-22-61-42(57)51-21-9-15-35(51)40(56)63-36(32(45)14-8-20-47-41(46)50-52(58)59)38(54)48-33(23-26-10-5-4-6-11-26)37(53)49-34(39(55)60-2)24-27-16-18-28(19-17-27)62-25-29-30(43)12-7-13-31(29)44;/h3-7,10-13,16-19,32-36H,1,8-9,14-15,20-25,45H2,2H3,(H,48,54)(H,49,53)(H3,46,47,50);1H/t32-,33+,34-,35-,36?;/m0./s1.